The molecule has 0 spiro atoms. The van der Waals surface area contributed by atoms with Crippen LogP contribution in [0.15, 0.2) is 24.3 Å². The molecule has 3 atom stereocenters. The van der Waals surface area contributed by atoms with E-state index in [1.54, 1.807) is 43.8 Å². The fraction of sp³-hybridized carbons (Fsp3) is 0.556. The molecular weight excluding hydrogens is 476 g/mol. The van der Waals surface area contributed by atoms with Crippen LogP contribution in [0.1, 0.15) is 76.6 Å². The van der Waals surface area contributed by atoms with Crippen molar-refractivity contribution in [1.82, 2.24) is 10.6 Å². The third kappa shape index (κ3) is 11.8. The lowest BCUT2D eigenvalue weighted by molar-refractivity contribution is -0.131. The Labute approximate surface area is 221 Å². The van der Waals surface area contributed by atoms with Gasteiger partial charge >= 0.3 is 6.03 Å². The number of hydrogen-bond acceptors (Lipinski definition) is 6. The van der Waals surface area contributed by atoms with Gasteiger partial charge in [-0.2, -0.15) is 0 Å². The third-order valence-electron chi connectivity index (χ3n) is 6.16. The Bertz CT molecular complexity index is 1020. The van der Waals surface area contributed by atoms with Gasteiger partial charge in [-0.05, 0) is 39.0 Å². The van der Waals surface area contributed by atoms with Crippen LogP contribution in [0.5, 0.6) is 0 Å². The largest absolute Gasteiger partial charge is 0.369 e. The van der Waals surface area contributed by atoms with Gasteiger partial charge in [0.1, 0.15) is 5.78 Å². The number of aryl methyl sites for hydroxylation is 1. The van der Waals surface area contributed by atoms with E-state index in [2.05, 4.69) is 10.6 Å². The van der Waals surface area contributed by atoms with Gasteiger partial charge in [0.05, 0.1) is 6.04 Å². The number of carbonyl (C=O) groups is 6. The molecule has 204 valence electrons. The summed E-state index contributed by atoms with van der Waals surface area (Å²) in [7, 11) is 0. The van der Waals surface area contributed by atoms with E-state index in [1.807, 2.05) is 6.92 Å². The van der Waals surface area contributed by atoms with E-state index in [0.29, 0.717) is 12.0 Å². The lowest BCUT2D eigenvalue weighted by atomic mass is 9.89. The number of nitrogens with two attached hydrogens (primary N) is 2. The maximum absolute atomic E-state index is 13.0. The Morgan fingerprint density at radius 1 is 1.00 bits per heavy atom. The Morgan fingerprint density at radius 2 is 1.68 bits per heavy atom. The summed E-state index contributed by atoms with van der Waals surface area (Å²) >= 11 is 0. The van der Waals surface area contributed by atoms with E-state index in [-0.39, 0.29) is 56.1 Å². The van der Waals surface area contributed by atoms with Crippen LogP contribution in [0.4, 0.5) is 4.79 Å². The van der Waals surface area contributed by atoms with Crippen molar-refractivity contribution in [1.29, 1.82) is 0 Å². The zero-order valence-corrected chi connectivity index (χ0v) is 21.8. The second-order valence-electron chi connectivity index (χ2n) is 9.65. The number of benzene rings is 1. The van der Waals surface area contributed by atoms with Crippen LogP contribution in [0.25, 0.3) is 0 Å². The molecule has 1 aromatic carbocycles. The Balaban J connectivity index is 2.79. The first-order valence-corrected chi connectivity index (χ1v) is 12.4. The summed E-state index contributed by atoms with van der Waals surface area (Å²) < 4.78 is 14.6. The summed E-state index contributed by atoms with van der Waals surface area (Å²) in [5.41, 5.74) is 8.26. The molecule has 6 N–H and O–H groups in total. The molecule has 37 heavy (non-hydrogen) atoms. The van der Waals surface area contributed by atoms with Crippen molar-refractivity contribution in [3.8, 4) is 0 Å². The van der Waals surface area contributed by atoms with Gasteiger partial charge in [-0.15, -0.1) is 0 Å². The molecule has 0 radical (unpaired) electrons. The first-order valence-electron chi connectivity index (χ1n) is 13.6. The van der Waals surface area contributed by atoms with Gasteiger partial charge in [0.2, 0.25) is 11.8 Å². The minimum Gasteiger partial charge on any atom is -0.369 e. The number of carbonyl (C=O) groups excluding carboxylic acids is 6. The fourth-order valence-corrected chi connectivity index (χ4v) is 3.88. The molecule has 1 rings (SSSR count). The van der Waals surface area contributed by atoms with Crippen molar-refractivity contribution in [3.63, 3.8) is 0 Å². The van der Waals surface area contributed by atoms with E-state index in [9.17, 15) is 28.8 Å². The molecular formula is C27H40N4O6. The van der Waals surface area contributed by atoms with Crippen molar-refractivity contribution in [2.45, 2.75) is 72.2 Å². The molecule has 0 saturated carbocycles. The molecule has 0 fully saturated rings. The SMILES string of the molecule is [2H]CC(=O)[C@H](CCC(=O)N[C@H](C(=O)C[C@@H](CCCNC(N)=O)C(=O)N[2H])C(C)C)CC(=O)c1ccc(C)cc1. The van der Waals surface area contributed by atoms with Crippen molar-refractivity contribution in [3.05, 3.63) is 35.4 Å². The highest BCUT2D eigenvalue weighted by molar-refractivity contribution is 5.98. The van der Waals surface area contributed by atoms with Gasteiger partial charge in [0.15, 0.2) is 13.0 Å². The number of nitrogens with one attached hydrogen (secondary N) is 2. The van der Waals surface area contributed by atoms with Gasteiger partial charge in [-0.25, -0.2) is 4.79 Å². The first-order chi connectivity index (χ1) is 18.4. The van der Waals surface area contributed by atoms with Crippen molar-refractivity contribution in [2.24, 2.45) is 29.2 Å². The zero-order chi connectivity index (χ0) is 29.5. The molecule has 1 aromatic rings. The summed E-state index contributed by atoms with van der Waals surface area (Å²) in [5.74, 6) is -4.12. The molecule has 0 saturated heterocycles. The predicted molar refractivity (Wildman–Crippen MR) is 139 cm³/mol. The molecule has 4 amide bonds. The van der Waals surface area contributed by atoms with Gasteiger partial charge in [0.25, 0.3) is 0 Å². The van der Waals surface area contributed by atoms with E-state index < -0.39 is 48.4 Å². The highest BCUT2D eigenvalue weighted by atomic mass is 16.2. The minimum absolute atomic E-state index is 0.0525. The van der Waals surface area contributed by atoms with E-state index in [1.165, 1.54) is 0 Å². The normalized spacial score (nSPS) is 13.9. The Hall–Kier alpha value is -3.56. The third-order valence-corrected chi connectivity index (χ3v) is 6.16. The van der Waals surface area contributed by atoms with Crippen LogP contribution >= 0.6 is 0 Å². The lowest BCUT2D eigenvalue weighted by Gasteiger charge is -2.23. The smallest absolute Gasteiger partial charge is 0.312 e. The number of Topliss-reactive ketones (excluding diaryl/α,β-unsaturated/α-hetero) is 3. The van der Waals surface area contributed by atoms with Crippen LogP contribution < -0.4 is 22.1 Å². The molecule has 0 aliphatic heterocycles. The summed E-state index contributed by atoms with van der Waals surface area (Å²) in [6.45, 7) is 5.08. The van der Waals surface area contributed by atoms with Crippen LogP contribution in [0, 0.1) is 24.7 Å². The quantitative estimate of drug-likeness (QED) is 0.181. The maximum Gasteiger partial charge on any atom is 0.312 e. The monoisotopic (exact) mass is 518 g/mol. The van der Waals surface area contributed by atoms with Crippen molar-refractivity contribution < 1.29 is 31.5 Å². The number of amides is 4. The molecule has 0 unspecified atom stereocenters. The van der Waals surface area contributed by atoms with Crippen LogP contribution in [-0.4, -0.2) is 47.8 Å². The summed E-state index contributed by atoms with van der Waals surface area (Å²) in [4.78, 5) is 73.8. The standard InChI is InChI=1S/C27H40N4O6/c1-16(2)25(23(34)15-21(26(28)36)6-5-13-30-27(29)37)31-24(35)12-11-20(18(4)32)14-22(33)19-9-7-17(3)8-10-19/h7-10,16,20-21,25H,5-6,11-15H2,1-4H3,(H2,28,36)(H,31,35)(H3,29,30,37)/t20-,21-,25+/m1/s1/i4D/hD. The van der Waals surface area contributed by atoms with Crippen LogP contribution in [0.2, 0.25) is 1.41 Å². The average molecular weight is 519 g/mol. The number of rotatable bonds is 17. The average Bonchev–Trinajstić information content (AvgIpc) is 2.90. The predicted octanol–water partition coefficient (Wildman–Crippen LogP) is 2.20. The van der Waals surface area contributed by atoms with E-state index >= 15 is 0 Å². The number of hydrogen-bond donors (Lipinski definition) is 4. The Morgan fingerprint density at radius 3 is 2.24 bits per heavy atom. The molecule has 0 aliphatic rings. The van der Waals surface area contributed by atoms with Crippen molar-refractivity contribution in [2.75, 3.05) is 6.54 Å². The number of ketones is 3. The number of primary amides is 2. The lowest BCUT2D eigenvalue weighted by Crippen LogP contribution is -2.45. The molecule has 0 heterocycles. The highest BCUT2D eigenvalue weighted by Crippen LogP contribution is 2.19. The minimum atomic E-state index is -0.901. The first kappa shape index (κ1) is 28.0. The summed E-state index contributed by atoms with van der Waals surface area (Å²) in [6, 6.07) is 5.33. The van der Waals surface area contributed by atoms with Gasteiger partial charge in [-0.1, -0.05) is 43.7 Å². The number of urea groups is 1. The zero-order valence-electron chi connectivity index (χ0n) is 23.8. The second-order valence-corrected chi connectivity index (χ2v) is 9.65. The molecule has 0 aliphatic carbocycles. The molecule has 0 bridgehead atoms. The van der Waals surface area contributed by atoms with Gasteiger partial charge in [-0.3, -0.25) is 24.0 Å². The van der Waals surface area contributed by atoms with Crippen LogP contribution in [-0.2, 0) is 19.2 Å². The van der Waals surface area contributed by atoms with E-state index in [0.717, 1.165) is 5.56 Å². The fourth-order valence-electron chi connectivity index (χ4n) is 3.88. The topological polar surface area (TPSA) is 179 Å². The van der Waals surface area contributed by atoms with Gasteiger partial charge < -0.3 is 22.1 Å². The maximum atomic E-state index is 13.0. The summed E-state index contributed by atoms with van der Waals surface area (Å²) in [5, 5.41) is 5.08. The van der Waals surface area contributed by atoms with Crippen molar-refractivity contribution >= 4 is 35.2 Å². The highest BCUT2D eigenvalue weighted by Gasteiger charge is 2.29. The summed E-state index contributed by atoms with van der Waals surface area (Å²) in [6.07, 6.45) is 0.187. The molecule has 10 nitrogen and oxygen atoms in total. The Kier molecular flexibility index (Phi) is 11.8. The van der Waals surface area contributed by atoms with E-state index in [4.69, 9.17) is 8.52 Å². The molecule has 0 aromatic heterocycles. The van der Waals surface area contributed by atoms with Gasteiger partial charge in [0, 0.05) is 44.6 Å². The second kappa shape index (κ2) is 15.5. The van der Waals surface area contributed by atoms with Crippen LogP contribution in [0.3, 0.4) is 0 Å². The molecule has 10 heteroatoms.